The number of allylic oxidation sites excluding steroid dienone is 1. The summed E-state index contributed by atoms with van der Waals surface area (Å²) in [7, 11) is 0. The molecular weight excluding hydrogens is 211 g/mol. The second kappa shape index (κ2) is 2.76. The third-order valence-electron chi connectivity index (χ3n) is 1.35. The molecule has 8 heavy (non-hydrogen) atoms. The van der Waals surface area contributed by atoms with Crippen LogP contribution in [0.3, 0.4) is 0 Å². The van der Waals surface area contributed by atoms with Gasteiger partial charge in [0.2, 0.25) is 0 Å². The van der Waals surface area contributed by atoms with Crippen molar-refractivity contribution < 1.29 is 0 Å². The molecule has 46 valence electrons. The molecule has 0 aromatic carbocycles. The predicted octanol–water partition coefficient (Wildman–Crippen LogP) is 2.50. The third-order valence-corrected chi connectivity index (χ3v) is 4.88. The van der Waals surface area contributed by atoms with Crippen LogP contribution < -0.4 is 0 Å². The van der Waals surface area contributed by atoms with Crippen molar-refractivity contribution in [1.29, 1.82) is 0 Å². The second-order valence-electron chi connectivity index (χ2n) is 2.08. The van der Waals surface area contributed by atoms with Gasteiger partial charge in [0.1, 0.15) is 0 Å². The van der Waals surface area contributed by atoms with Gasteiger partial charge in [0.25, 0.3) is 0 Å². The molecule has 0 N–H and O–H groups in total. The minimum Gasteiger partial charge on any atom is -0.116 e. The van der Waals surface area contributed by atoms with Gasteiger partial charge < -0.3 is 0 Å². The summed E-state index contributed by atoms with van der Waals surface area (Å²) in [4.78, 5) is 0. The van der Waals surface area contributed by atoms with E-state index in [1.165, 1.54) is 12.8 Å². The zero-order chi connectivity index (χ0) is 5.98. The van der Waals surface area contributed by atoms with Gasteiger partial charge >= 0.3 is 0 Å². The molecule has 0 saturated carbocycles. The van der Waals surface area contributed by atoms with Crippen molar-refractivity contribution in [3.05, 3.63) is 12.7 Å². The molecule has 0 aromatic rings. The van der Waals surface area contributed by atoms with E-state index >= 15 is 0 Å². The van der Waals surface area contributed by atoms with Gasteiger partial charge in [-0.2, -0.15) is 0 Å². The number of rotatable bonds is 1. The first-order valence-electron chi connectivity index (χ1n) is 2.91. The fraction of sp³-hybridized carbons (Fsp3) is 0.571. The van der Waals surface area contributed by atoms with Crippen LogP contribution in [0.25, 0.3) is 0 Å². The summed E-state index contributed by atoms with van der Waals surface area (Å²) in [5.41, 5.74) is 0. The summed E-state index contributed by atoms with van der Waals surface area (Å²) in [6, 6.07) is 0. The molecule has 0 radical (unpaired) electrons. The second-order valence-corrected chi connectivity index (χ2v) is 6.14. The Labute approximate surface area is 60.7 Å². The quantitative estimate of drug-likeness (QED) is 0.363. The summed E-state index contributed by atoms with van der Waals surface area (Å²) in [6.45, 7) is 6.08. The van der Waals surface area contributed by atoms with Gasteiger partial charge in [0.05, 0.1) is 0 Å². The Hall–Kier alpha value is 0.340. The Morgan fingerprint density at radius 1 is 1.88 bits per heavy atom. The lowest BCUT2D eigenvalue weighted by molar-refractivity contribution is 0.949. The maximum atomic E-state index is 3.79. The molecule has 1 heterocycles. The first kappa shape index (κ1) is 6.46. The number of hydrogen-bond acceptors (Lipinski definition) is 0. The van der Waals surface area contributed by atoms with Gasteiger partial charge in [0.15, 0.2) is 0 Å². The molecule has 1 rings (SSSR count). The van der Waals surface area contributed by atoms with Crippen molar-refractivity contribution in [2.45, 2.75) is 23.7 Å². The number of hydrogen-bond donors (Lipinski definition) is 0. The molecular formula is C7H11I. The van der Waals surface area contributed by atoms with E-state index < -0.39 is 0 Å². The summed E-state index contributed by atoms with van der Waals surface area (Å²) in [5, 5.41) is 0. The zero-order valence-corrected chi connectivity index (χ0v) is 7.31. The highest BCUT2D eigenvalue weighted by Gasteiger charge is 2.08. The van der Waals surface area contributed by atoms with Crippen LogP contribution in [-0.2, 0) is 0 Å². The van der Waals surface area contributed by atoms with Crippen molar-refractivity contribution in [2.24, 2.45) is 0 Å². The fourth-order valence-electron chi connectivity index (χ4n) is 0.848. The Kier molecular flexibility index (Phi) is 2.23. The van der Waals surface area contributed by atoms with Gasteiger partial charge in [-0.05, 0) is 23.3 Å². The summed E-state index contributed by atoms with van der Waals surface area (Å²) < 4.78 is 2.67. The van der Waals surface area contributed by atoms with E-state index in [-0.39, 0.29) is 0 Å². The summed E-state index contributed by atoms with van der Waals surface area (Å²) >= 11 is 0.412. The van der Waals surface area contributed by atoms with Crippen molar-refractivity contribution in [1.82, 2.24) is 0 Å². The summed E-state index contributed by atoms with van der Waals surface area (Å²) in [6.07, 6.45) is 4.90. The van der Waals surface area contributed by atoms with Crippen molar-refractivity contribution in [3.8, 4) is 0 Å². The molecule has 1 atom stereocenters. The smallest absolute Gasteiger partial charge is 0.0241 e. The van der Waals surface area contributed by atoms with E-state index in [2.05, 4.69) is 19.6 Å². The summed E-state index contributed by atoms with van der Waals surface area (Å²) in [5.74, 6) is 0. The zero-order valence-electron chi connectivity index (χ0n) is 5.15. The molecule has 0 spiro atoms. The van der Waals surface area contributed by atoms with E-state index in [1.54, 1.807) is 3.51 Å². The third kappa shape index (κ3) is 1.41. The molecule has 0 aliphatic carbocycles. The van der Waals surface area contributed by atoms with Gasteiger partial charge in [-0.1, -0.05) is 6.08 Å². The molecule has 1 aliphatic rings. The standard InChI is InChI=1S/C7H11I/c1-3-7-5-4-6(2)8-7/h3,7H,1,4-5H2,2H3/t7-/m0/s1. The minimum atomic E-state index is 0.412. The largest absolute Gasteiger partial charge is 0.116 e. The Balaban J connectivity index is 2.53. The van der Waals surface area contributed by atoms with Gasteiger partial charge in [-0.25, -0.2) is 0 Å². The lowest BCUT2D eigenvalue weighted by Gasteiger charge is -1.91. The molecule has 0 fully saturated rings. The number of halogens is 1. The lowest BCUT2D eigenvalue weighted by Crippen LogP contribution is -1.84. The van der Waals surface area contributed by atoms with Gasteiger partial charge in [0, 0.05) is 3.92 Å². The number of alkyl halides is 1. The molecule has 1 heteroatoms. The minimum absolute atomic E-state index is 0.412. The average molecular weight is 222 g/mol. The molecule has 1 aliphatic heterocycles. The molecule has 0 unspecified atom stereocenters. The van der Waals surface area contributed by atoms with Crippen LogP contribution in [0.5, 0.6) is 0 Å². The van der Waals surface area contributed by atoms with Crippen LogP contribution in [0.4, 0.5) is 0 Å². The first-order chi connectivity index (χ1) is 3.83. The molecule has 0 bridgehead atoms. The van der Waals surface area contributed by atoms with E-state index in [0.717, 1.165) is 3.92 Å². The Bertz CT molecular complexity index is 124. The van der Waals surface area contributed by atoms with E-state index in [0.29, 0.717) is 20.7 Å². The average Bonchev–Trinajstić information content (AvgIpc) is 2.14. The van der Waals surface area contributed by atoms with Crippen LogP contribution >= 0.6 is 20.7 Å². The first-order valence-corrected chi connectivity index (χ1v) is 5.23. The lowest BCUT2D eigenvalue weighted by atomic mass is 10.2. The molecule has 0 aromatic heterocycles. The highest BCUT2D eigenvalue weighted by Crippen LogP contribution is 2.26. The molecule has 0 nitrogen and oxygen atoms in total. The van der Waals surface area contributed by atoms with Gasteiger partial charge in [-0.3, -0.25) is 0 Å². The SMILES string of the molecule is C=C[C@H]1CCC(C)=I1. The Morgan fingerprint density at radius 3 is 2.88 bits per heavy atom. The van der Waals surface area contributed by atoms with Crippen LogP contribution in [0, 0.1) is 0 Å². The van der Waals surface area contributed by atoms with Crippen LogP contribution in [0.1, 0.15) is 19.8 Å². The van der Waals surface area contributed by atoms with E-state index in [9.17, 15) is 0 Å². The van der Waals surface area contributed by atoms with E-state index in [1.807, 2.05) is 0 Å². The van der Waals surface area contributed by atoms with Gasteiger partial charge in [-0.15, -0.1) is 27.3 Å². The highest BCUT2D eigenvalue weighted by atomic mass is 127. The maximum absolute atomic E-state index is 3.79. The van der Waals surface area contributed by atoms with Crippen molar-refractivity contribution in [2.75, 3.05) is 0 Å². The highest BCUT2D eigenvalue weighted by molar-refractivity contribution is 14.2. The van der Waals surface area contributed by atoms with Crippen molar-refractivity contribution in [3.63, 3.8) is 0 Å². The molecule has 0 saturated heterocycles. The molecule has 0 amide bonds. The topological polar surface area (TPSA) is 0 Å². The van der Waals surface area contributed by atoms with Crippen LogP contribution in [0.2, 0.25) is 0 Å². The normalized spacial score (nSPS) is 28.6. The van der Waals surface area contributed by atoms with Crippen LogP contribution in [-0.4, -0.2) is 7.43 Å². The fourth-order valence-corrected chi connectivity index (χ4v) is 3.71. The monoisotopic (exact) mass is 222 g/mol. The van der Waals surface area contributed by atoms with Crippen LogP contribution in [0.15, 0.2) is 12.7 Å². The van der Waals surface area contributed by atoms with Crippen molar-refractivity contribution >= 4 is 24.2 Å². The maximum Gasteiger partial charge on any atom is 0.0241 e. The predicted molar refractivity (Wildman–Crippen MR) is 47.9 cm³/mol. The Morgan fingerprint density at radius 2 is 2.62 bits per heavy atom. The van der Waals surface area contributed by atoms with E-state index in [4.69, 9.17) is 0 Å².